The summed E-state index contributed by atoms with van der Waals surface area (Å²) in [4.78, 5) is 17.9. The van der Waals surface area contributed by atoms with E-state index < -0.39 is 0 Å². The molecule has 1 aromatic heterocycles. The van der Waals surface area contributed by atoms with E-state index in [0.29, 0.717) is 6.54 Å². The molecule has 4 nitrogen and oxygen atoms in total. The number of likely N-dealkylation sites (tertiary alicyclic amines) is 1. The lowest BCUT2D eigenvalue weighted by Gasteiger charge is -2.20. The molecule has 0 aromatic carbocycles. The summed E-state index contributed by atoms with van der Waals surface area (Å²) in [6.45, 7) is 2.96. The van der Waals surface area contributed by atoms with E-state index in [2.05, 4.69) is 10.3 Å². The molecule has 1 aromatic rings. The zero-order chi connectivity index (χ0) is 16.4. The Morgan fingerprint density at radius 2 is 1.46 bits per heavy atom. The zero-order valence-corrected chi connectivity index (χ0v) is 14.8. The number of pyridine rings is 1. The van der Waals surface area contributed by atoms with E-state index in [0.717, 1.165) is 38.8 Å². The van der Waals surface area contributed by atoms with Crippen LogP contribution in [0.2, 0.25) is 0 Å². The molecule has 1 amide bonds. The number of anilines is 1. The number of aryl methyl sites for hydroxylation is 2. The molecule has 0 unspecified atom stereocenters. The highest BCUT2D eigenvalue weighted by Gasteiger charge is 2.30. The molecule has 24 heavy (non-hydrogen) atoms. The number of nitrogens with one attached hydrogen (secondary N) is 3. The molecule has 4 heteroatoms. The Bertz CT molecular complexity index is 618. The van der Waals surface area contributed by atoms with Crippen LogP contribution >= 0.6 is 0 Å². The quantitative estimate of drug-likeness (QED) is 0.862. The van der Waals surface area contributed by atoms with Crippen LogP contribution in [0.4, 0.5) is 5.69 Å². The Morgan fingerprint density at radius 3 is 2.21 bits per heavy atom. The molecule has 1 aliphatic heterocycles. The van der Waals surface area contributed by atoms with Gasteiger partial charge in [-0.05, 0) is 57.8 Å². The SMILES string of the molecule is O=C(C[NH+]1CCCCCC1)Nc1c2c([nH+]c3c1CCC3)CCCC2. The number of amides is 1. The van der Waals surface area contributed by atoms with Gasteiger partial charge in [0.25, 0.3) is 5.91 Å². The Morgan fingerprint density at radius 1 is 0.833 bits per heavy atom. The Labute approximate surface area is 145 Å². The maximum atomic E-state index is 12.7. The van der Waals surface area contributed by atoms with Gasteiger partial charge >= 0.3 is 0 Å². The zero-order valence-electron chi connectivity index (χ0n) is 14.8. The predicted molar refractivity (Wildman–Crippen MR) is 94.3 cm³/mol. The van der Waals surface area contributed by atoms with Crippen molar-refractivity contribution in [2.75, 3.05) is 25.0 Å². The summed E-state index contributed by atoms with van der Waals surface area (Å²) in [5, 5.41) is 3.36. The number of quaternary nitrogens is 1. The largest absolute Gasteiger partial charge is 0.327 e. The summed E-state index contributed by atoms with van der Waals surface area (Å²) in [5.74, 6) is 0.222. The summed E-state index contributed by atoms with van der Waals surface area (Å²) >= 11 is 0. The number of carbonyl (C=O) groups is 1. The van der Waals surface area contributed by atoms with Crippen LogP contribution in [-0.4, -0.2) is 25.5 Å². The van der Waals surface area contributed by atoms with Gasteiger partial charge in [-0.2, -0.15) is 0 Å². The highest BCUT2D eigenvalue weighted by atomic mass is 16.2. The van der Waals surface area contributed by atoms with Crippen LogP contribution in [-0.2, 0) is 30.5 Å². The highest BCUT2D eigenvalue weighted by molar-refractivity contribution is 5.93. The highest BCUT2D eigenvalue weighted by Crippen LogP contribution is 2.33. The molecule has 4 rings (SSSR count). The topological polar surface area (TPSA) is 47.7 Å². The first-order valence-electron chi connectivity index (χ1n) is 10.0. The average Bonchev–Trinajstić information content (AvgIpc) is 2.91. The smallest absolute Gasteiger partial charge is 0.279 e. The minimum Gasteiger partial charge on any atom is -0.327 e. The van der Waals surface area contributed by atoms with Crippen molar-refractivity contribution in [1.29, 1.82) is 0 Å². The summed E-state index contributed by atoms with van der Waals surface area (Å²) in [6, 6.07) is 0. The van der Waals surface area contributed by atoms with Gasteiger partial charge in [-0.1, -0.05) is 0 Å². The second kappa shape index (κ2) is 7.22. The maximum Gasteiger partial charge on any atom is 0.279 e. The van der Waals surface area contributed by atoms with Crippen LogP contribution < -0.4 is 15.2 Å². The van der Waals surface area contributed by atoms with Crippen LogP contribution in [0.5, 0.6) is 0 Å². The molecule has 3 N–H and O–H groups in total. The van der Waals surface area contributed by atoms with Crippen molar-refractivity contribution in [3.63, 3.8) is 0 Å². The number of carbonyl (C=O) groups excluding carboxylic acids is 1. The molecule has 0 bridgehead atoms. The predicted octanol–water partition coefficient (Wildman–Crippen LogP) is 1.27. The van der Waals surface area contributed by atoms with Crippen molar-refractivity contribution in [2.24, 2.45) is 0 Å². The third kappa shape index (κ3) is 3.34. The van der Waals surface area contributed by atoms with E-state index in [-0.39, 0.29) is 5.91 Å². The third-order valence-electron chi connectivity index (χ3n) is 6.08. The lowest BCUT2D eigenvalue weighted by molar-refractivity contribution is -0.890. The van der Waals surface area contributed by atoms with Gasteiger partial charge in [-0.15, -0.1) is 0 Å². The number of fused-ring (bicyclic) bond motifs is 2. The van der Waals surface area contributed by atoms with Crippen LogP contribution in [0.3, 0.4) is 0 Å². The molecule has 130 valence electrons. The van der Waals surface area contributed by atoms with Gasteiger partial charge in [0.1, 0.15) is 0 Å². The Balaban J connectivity index is 1.53. The first kappa shape index (κ1) is 16.1. The molecule has 0 saturated carbocycles. The van der Waals surface area contributed by atoms with Crippen molar-refractivity contribution in [3.8, 4) is 0 Å². The Kier molecular flexibility index (Phi) is 4.83. The number of aromatic amines is 1. The van der Waals surface area contributed by atoms with Gasteiger partial charge in [0.2, 0.25) is 0 Å². The van der Waals surface area contributed by atoms with Crippen molar-refractivity contribution in [1.82, 2.24) is 0 Å². The normalized spacial score (nSPS) is 21.0. The number of H-pyrrole nitrogens is 1. The molecule has 1 saturated heterocycles. The first-order valence-corrected chi connectivity index (χ1v) is 10.0. The van der Waals surface area contributed by atoms with Crippen LogP contribution in [0.15, 0.2) is 0 Å². The van der Waals surface area contributed by atoms with E-state index in [4.69, 9.17) is 0 Å². The maximum absolute atomic E-state index is 12.7. The van der Waals surface area contributed by atoms with Crippen molar-refractivity contribution < 1.29 is 14.7 Å². The molecule has 2 aliphatic carbocycles. The average molecular weight is 329 g/mol. The molecular formula is C20H31N3O+2. The van der Waals surface area contributed by atoms with Gasteiger partial charge < -0.3 is 10.2 Å². The minimum atomic E-state index is 0.222. The van der Waals surface area contributed by atoms with Crippen LogP contribution in [0, 0.1) is 0 Å². The molecule has 2 heterocycles. The number of aromatic nitrogens is 1. The van der Waals surface area contributed by atoms with E-state index in [1.165, 1.54) is 78.0 Å². The van der Waals surface area contributed by atoms with E-state index in [1.807, 2.05) is 0 Å². The fourth-order valence-electron chi connectivity index (χ4n) is 4.81. The molecule has 0 spiro atoms. The fraction of sp³-hybridized carbons (Fsp3) is 0.700. The van der Waals surface area contributed by atoms with Crippen molar-refractivity contribution in [2.45, 2.75) is 70.6 Å². The van der Waals surface area contributed by atoms with E-state index in [1.54, 1.807) is 0 Å². The van der Waals surface area contributed by atoms with E-state index >= 15 is 0 Å². The standard InChI is InChI=1S/C20H29N3O/c24-19(14-23-12-5-1-2-6-13-23)22-20-15-8-3-4-10-17(15)21-18-11-7-9-16(18)20/h1-14H2,(H,21,22,24)/p+2. The Hall–Kier alpha value is -1.42. The van der Waals surface area contributed by atoms with Crippen molar-refractivity contribution in [3.05, 3.63) is 22.5 Å². The second-order valence-electron chi connectivity index (χ2n) is 7.86. The molecular weight excluding hydrogens is 298 g/mol. The molecule has 3 aliphatic rings. The number of hydrogen-bond donors (Lipinski definition) is 2. The minimum absolute atomic E-state index is 0.222. The van der Waals surface area contributed by atoms with Gasteiger partial charge in [0.15, 0.2) is 17.9 Å². The third-order valence-corrected chi connectivity index (χ3v) is 6.08. The summed E-state index contributed by atoms with van der Waals surface area (Å²) in [6.07, 6.45) is 13.5. The fourth-order valence-corrected chi connectivity index (χ4v) is 4.81. The summed E-state index contributed by atoms with van der Waals surface area (Å²) in [7, 11) is 0. The molecule has 0 radical (unpaired) electrons. The lowest BCUT2D eigenvalue weighted by Crippen LogP contribution is -3.12. The van der Waals surface area contributed by atoms with Crippen LogP contribution in [0.1, 0.15) is 67.5 Å². The first-order chi connectivity index (χ1) is 11.8. The molecule has 0 atom stereocenters. The lowest BCUT2D eigenvalue weighted by atomic mass is 9.92. The summed E-state index contributed by atoms with van der Waals surface area (Å²) < 4.78 is 0. The number of hydrogen-bond acceptors (Lipinski definition) is 1. The van der Waals surface area contributed by atoms with Gasteiger partial charge in [0, 0.05) is 24.0 Å². The van der Waals surface area contributed by atoms with Gasteiger partial charge in [0.05, 0.1) is 18.8 Å². The second-order valence-corrected chi connectivity index (χ2v) is 7.86. The molecule has 1 fully saturated rings. The van der Waals surface area contributed by atoms with E-state index in [9.17, 15) is 4.79 Å². The van der Waals surface area contributed by atoms with Gasteiger partial charge in [-0.25, -0.2) is 4.98 Å². The van der Waals surface area contributed by atoms with Crippen molar-refractivity contribution >= 4 is 11.6 Å². The number of rotatable bonds is 3. The van der Waals surface area contributed by atoms with Gasteiger partial charge in [-0.3, -0.25) is 4.79 Å². The monoisotopic (exact) mass is 329 g/mol. The van der Waals surface area contributed by atoms with Crippen LogP contribution in [0.25, 0.3) is 0 Å². The summed E-state index contributed by atoms with van der Waals surface area (Å²) in [5.41, 5.74) is 6.76.